The summed E-state index contributed by atoms with van der Waals surface area (Å²) in [6, 6.07) is 6.55. The van der Waals surface area contributed by atoms with Gasteiger partial charge in [-0.2, -0.15) is 5.10 Å². The number of hydrogen-bond donors (Lipinski definition) is 1. The van der Waals surface area contributed by atoms with Crippen molar-refractivity contribution in [2.45, 2.75) is 19.9 Å². The van der Waals surface area contributed by atoms with E-state index >= 15 is 0 Å². The lowest BCUT2D eigenvalue weighted by Crippen LogP contribution is -2.18. The number of aromatic nitrogens is 2. The van der Waals surface area contributed by atoms with Gasteiger partial charge in [0.1, 0.15) is 5.75 Å². The maximum absolute atomic E-state index is 12.1. The molecule has 0 spiro atoms. The van der Waals surface area contributed by atoms with Crippen molar-refractivity contribution in [3.05, 3.63) is 41.2 Å². The van der Waals surface area contributed by atoms with Gasteiger partial charge in [-0.25, -0.2) is 4.79 Å². The van der Waals surface area contributed by atoms with Gasteiger partial charge >= 0.3 is 5.97 Å². The van der Waals surface area contributed by atoms with Gasteiger partial charge < -0.3 is 10.5 Å². The predicted octanol–water partition coefficient (Wildman–Crippen LogP) is 2.92. The minimum absolute atomic E-state index is 0.0186. The highest BCUT2D eigenvalue weighted by atomic mass is 35.5. The largest absolute Gasteiger partial charge is 0.422 e. The summed E-state index contributed by atoms with van der Waals surface area (Å²) in [5.41, 5.74) is 6.31. The molecule has 0 fully saturated rings. The number of nitrogens with zero attached hydrogens (tertiary/aromatic N) is 2. The molecule has 2 aromatic rings. The van der Waals surface area contributed by atoms with E-state index in [0.717, 1.165) is 0 Å². The molecule has 5 nitrogen and oxygen atoms in total. The zero-order valence-electron chi connectivity index (χ0n) is 10.6. The fourth-order valence-electron chi connectivity index (χ4n) is 1.64. The molecular weight excluding hydrogens is 266 g/mol. The second-order valence-corrected chi connectivity index (χ2v) is 4.77. The van der Waals surface area contributed by atoms with E-state index in [-0.39, 0.29) is 11.7 Å². The Balaban J connectivity index is 2.25. The zero-order chi connectivity index (χ0) is 14.0. The Morgan fingerprint density at radius 1 is 1.37 bits per heavy atom. The van der Waals surface area contributed by atoms with Gasteiger partial charge in [0.25, 0.3) is 0 Å². The molecule has 1 aromatic heterocycles. The van der Waals surface area contributed by atoms with E-state index in [0.29, 0.717) is 16.5 Å². The molecule has 6 heteroatoms. The van der Waals surface area contributed by atoms with Crippen LogP contribution in [0.4, 0.5) is 5.69 Å². The lowest BCUT2D eigenvalue weighted by atomic mass is 10.3. The third-order valence-electron chi connectivity index (χ3n) is 2.53. The Morgan fingerprint density at radius 3 is 2.58 bits per heavy atom. The Labute approximate surface area is 115 Å². The Bertz CT molecular complexity index is 590. The van der Waals surface area contributed by atoms with Gasteiger partial charge in [-0.1, -0.05) is 11.6 Å². The molecule has 2 N–H and O–H groups in total. The van der Waals surface area contributed by atoms with Crippen LogP contribution in [0.15, 0.2) is 30.5 Å². The van der Waals surface area contributed by atoms with E-state index in [1.165, 1.54) is 10.9 Å². The summed E-state index contributed by atoms with van der Waals surface area (Å²) in [6.07, 6.45) is 1.44. The second-order valence-electron chi connectivity index (χ2n) is 4.33. The molecule has 2 rings (SSSR count). The maximum atomic E-state index is 12.1. The molecule has 0 aliphatic heterocycles. The summed E-state index contributed by atoms with van der Waals surface area (Å²) >= 11 is 5.77. The number of rotatable bonds is 3. The van der Waals surface area contributed by atoms with Crippen LogP contribution in [0.25, 0.3) is 0 Å². The number of ether oxygens (including phenoxy) is 1. The highest BCUT2D eigenvalue weighted by molar-refractivity contribution is 6.30. The highest BCUT2D eigenvalue weighted by Crippen LogP contribution is 2.20. The van der Waals surface area contributed by atoms with Crippen LogP contribution < -0.4 is 10.5 Å². The molecule has 100 valence electrons. The summed E-state index contributed by atoms with van der Waals surface area (Å²) in [6.45, 7) is 3.82. The van der Waals surface area contributed by atoms with Gasteiger partial charge in [0, 0.05) is 11.1 Å². The summed E-state index contributed by atoms with van der Waals surface area (Å²) in [7, 11) is 0. The average molecular weight is 280 g/mol. The first-order chi connectivity index (χ1) is 8.99. The van der Waals surface area contributed by atoms with Crippen molar-refractivity contribution < 1.29 is 9.53 Å². The Morgan fingerprint density at radius 2 is 2.00 bits per heavy atom. The molecular formula is C13H14ClN3O2. The number of carbonyl (C=O) groups excluding carboxylic acids is 1. The van der Waals surface area contributed by atoms with E-state index in [1.807, 2.05) is 13.8 Å². The normalized spacial score (nSPS) is 10.7. The van der Waals surface area contributed by atoms with Gasteiger partial charge in [0.2, 0.25) is 0 Å². The molecule has 1 heterocycles. The third kappa shape index (κ3) is 2.88. The van der Waals surface area contributed by atoms with Gasteiger partial charge in [0.05, 0.1) is 11.9 Å². The molecule has 0 atom stereocenters. The van der Waals surface area contributed by atoms with Crippen LogP contribution in [0, 0.1) is 0 Å². The fourth-order valence-corrected chi connectivity index (χ4v) is 1.76. The van der Waals surface area contributed by atoms with Crippen LogP contribution >= 0.6 is 11.6 Å². The quantitative estimate of drug-likeness (QED) is 0.693. The Hall–Kier alpha value is -2.01. The van der Waals surface area contributed by atoms with Gasteiger partial charge in [-0.3, -0.25) is 4.68 Å². The number of anilines is 1. The molecule has 0 amide bonds. The van der Waals surface area contributed by atoms with E-state index in [4.69, 9.17) is 22.1 Å². The summed E-state index contributed by atoms with van der Waals surface area (Å²) in [4.78, 5) is 12.1. The molecule has 0 saturated heterocycles. The molecule has 1 aromatic carbocycles. The molecule has 19 heavy (non-hydrogen) atoms. The Kier molecular flexibility index (Phi) is 3.76. The summed E-state index contributed by atoms with van der Waals surface area (Å²) < 4.78 is 6.78. The van der Waals surface area contributed by atoms with E-state index < -0.39 is 5.97 Å². The van der Waals surface area contributed by atoms with E-state index in [1.54, 1.807) is 24.3 Å². The van der Waals surface area contributed by atoms with Crippen molar-refractivity contribution >= 4 is 23.3 Å². The summed E-state index contributed by atoms with van der Waals surface area (Å²) in [5, 5.41) is 4.64. The number of nitrogen functional groups attached to an aromatic ring is 1. The van der Waals surface area contributed by atoms with Crippen molar-refractivity contribution in [1.82, 2.24) is 9.78 Å². The zero-order valence-corrected chi connectivity index (χ0v) is 11.4. The molecule has 0 radical (unpaired) electrons. The van der Waals surface area contributed by atoms with Crippen LogP contribution in [-0.4, -0.2) is 15.7 Å². The van der Waals surface area contributed by atoms with Crippen LogP contribution in [0.5, 0.6) is 5.75 Å². The van der Waals surface area contributed by atoms with Crippen molar-refractivity contribution in [1.29, 1.82) is 0 Å². The van der Waals surface area contributed by atoms with Gasteiger partial charge in [-0.05, 0) is 38.1 Å². The number of carbonyl (C=O) groups is 1. The lowest BCUT2D eigenvalue weighted by Gasteiger charge is -2.11. The number of benzene rings is 1. The first-order valence-corrected chi connectivity index (χ1v) is 6.17. The summed E-state index contributed by atoms with van der Waals surface area (Å²) in [5.74, 6) is -0.128. The third-order valence-corrected chi connectivity index (χ3v) is 2.78. The van der Waals surface area contributed by atoms with Crippen LogP contribution in [0.1, 0.15) is 30.4 Å². The topological polar surface area (TPSA) is 70.1 Å². The number of nitrogens with two attached hydrogens (primary N) is 1. The monoisotopic (exact) mass is 279 g/mol. The first-order valence-electron chi connectivity index (χ1n) is 5.79. The average Bonchev–Trinajstić information content (AvgIpc) is 2.74. The van der Waals surface area contributed by atoms with Crippen molar-refractivity contribution in [2.75, 3.05) is 5.73 Å². The first kappa shape index (κ1) is 13.4. The van der Waals surface area contributed by atoms with E-state index in [2.05, 4.69) is 5.10 Å². The number of esters is 1. The maximum Gasteiger partial charge on any atom is 0.364 e. The smallest absolute Gasteiger partial charge is 0.364 e. The molecule has 0 aliphatic carbocycles. The molecule has 0 bridgehead atoms. The van der Waals surface area contributed by atoms with Crippen LogP contribution in [-0.2, 0) is 0 Å². The SMILES string of the molecule is CC(C)n1ncc(N)c1C(=O)Oc1ccc(Cl)cc1. The predicted molar refractivity (Wildman–Crippen MR) is 73.4 cm³/mol. The van der Waals surface area contributed by atoms with Crippen molar-refractivity contribution in [3.63, 3.8) is 0 Å². The van der Waals surface area contributed by atoms with Crippen molar-refractivity contribution in [3.8, 4) is 5.75 Å². The standard InChI is InChI=1S/C13H14ClN3O2/c1-8(2)17-12(11(15)7-16-17)13(18)19-10-5-3-9(14)4-6-10/h3-8H,15H2,1-2H3. The minimum Gasteiger partial charge on any atom is -0.422 e. The van der Waals surface area contributed by atoms with Crippen molar-refractivity contribution in [2.24, 2.45) is 0 Å². The number of halogens is 1. The van der Waals surface area contributed by atoms with E-state index in [9.17, 15) is 4.79 Å². The van der Waals surface area contributed by atoms with Gasteiger partial charge in [0.15, 0.2) is 5.69 Å². The number of hydrogen-bond acceptors (Lipinski definition) is 4. The second kappa shape index (κ2) is 5.32. The van der Waals surface area contributed by atoms with Gasteiger partial charge in [-0.15, -0.1) is 0 Å². The molecule has 0 saturated carbocycles. The highest BCUT2D eigenvalue weighted by Gasteiger charge is 2.20. The molecule has 0 aliphatic rings. The van der Waals surface area contributed by atoms with Crippen LogP contribution in [0.2, 0.25) is 5.02 Å². The fraction of sp³-hybridized carbons (Fsp3) is 0.231. The molecule has 0 unspecified atom stereocenters. The lowest BCUT2D eigenvalue weighted by molar-refractivity contribution is 0.0720. The minimum atomic E-state index is -0.536. The van der Waals surface area contributed by atoms with Crippen LogP contribution in [0.3, 0.4) is 0 Å².